The second-order valence-corrected chi connectivity index (χ2v) is 7.81. The van der Waals surface area contributed by atoms with Gasteiger partial charge in [0, 0.05) is 25.2 Å². The van der Waals surface area contributed by atoms with Crippen LogP contribution in [0, 0.1) is 0 Å². The molecule has 0 bridgehead atoms. The molecule has 2 aromatic carbocycles. The molecular formula is C24H24N4O6. The molecular weight excluding hydrogens is 440 g/mol. The van der Waals surface area contributed by atoms with Crippen molar-refractivity contribution in [1.82, 2.24) is 20.2 Å². The summed E-state index contributed by atoms with van der Waals surface area (Å²) in [7, 11) is 0. The van der Waals surface area contributed by atoms with Gasteiger partial charge in [0.25, 0.3) is 5.91 Å². The molecule has 2 amide bonds. The Labute approximate surface area is 195 Å². The number of imidazole rings is 1. The van der Waals surface area contributed by atoms with Gasteiger partial charge >= 0.3 is 12.1 Å². The van der Waals surface area contributed by atoms with E-state index in [2.05, 4.69) is 39.9 Å². The molecule has 0 spiro atoms. The molecule has 0 aliphatic heterocycles. The zero-order valence-electron chi connectivity index (χ0n) is 18.2. The van der Waals surface area contributed by atoms with Crippen molar-refractivity contribution >= 4 is 18.0 Å². The van der Waals surface area contributed by atoms with Gasteiger partial charge in [-0.25, -0.2) is 14.6 Å². The van der Waals surface area contributed by atoms with Gasteiger partial charge in [-0.15, -0.1) is 0 Å². The lowest BCUT2D eigenvalue weighted by Crippen LogP contribution is -2.36. The lowest BCUT2D eigenvalue weighted by molar-refractivity contribution is -0.146. The molecule has 3 aromatic rings. The molecule has 34 heavy (non-hydrogen) atoms. The Morgan fingerprint density at radius 3 is 2.32 bits per heavy atom. The molecule has 4 rings (SSSR count). The SMILES string of the molecule is O=C(NCCn1cnc(C(=O)NCC(O)C(=O)O)c1)OCC1c2ccccc2-c2ccccc21. The van der Waals surface area contributed by atoms with Crippen molar-refractivity contribution < 1.29 is 29.3 Å². The Balaban J connectivity index is 1.24. The van der Waals surface area contributed by atoms with Gasteiger partial charge in [-0.2, -0.15) is 0 Å². The summed E-state index contributed by atoms with van der Waals surface area (Å²) in [5, 5.41) is 22.8. The van der Waals surface area contributed by atoms with Gasteiger partial charge in [-0.3, -0.25) is 4.79 Å². The molecule has 1 atom stereocenters. The quantitative estimate of drug-likeness (QED) is 0.377. The van der Waals surface area contributed by atoms with Crippen molar-refractivity contribution in [3.05, 3.63) is 77.9 Å². The van der Waals surface area contributed by atoms with Gasteiger partial charge in [0.05, 0.1) is 12.9 Å². The minimum atomic E-state index is -1.69. The number of rotatable bonds is 9. The van der Waals surface area contributed by atoms with Crippen LogP contribution in [0.5, 0.6) is 0 Å². The number of hydrogen-bond acceptors (Lipinski definition) is 6. The number of carbonyl (C=O) groups is 3. The maximum atomic E-state index is 12.2. The van der Waals surface area contributed by atoms with Crippen LogP contribution < -0.4 is 10.6 Å². The van der Waals surface area contributed by atoms with E-state index in [9.17, 15) is 19.5 Å². The Hall–Kier alpha value is -4.18. The van der Waals surface area contributed by atoms with Crippen LogP contribution in [0.4, 0.5) is 4.79 Å². The molecule has 0 radical (unpaired) electrons. The number of nitrogens with one attached hydrogen (secondary N) is 2. The molecule has 4 N–H and O–H groups in total. The van der Waals surface area contributed by atoms with E-state index in [1.807, 2.05) is 24.3 Å². The molecule has 1 aliphatic carbocycles. The Bertz CT molecular complexity index is 1160. The van der Waals surface area contributed by atoms with E-state index >= 15 is 0 Å². The topological polar surface area (TPSA) is 143 Å². The summed E-state index contributed by atoms with van der Waals surface area (Å²) < 4.78 is 7.09. The molecule has 1 heterocycles. The first-order valence-electron chi connectivity index (χ1n) is 10.7. The van der Waals surface area contributed by atoms with Gasteiger partial charge < -0.3 is 30.2 Å². The number of ether oxygens (including phenoxy) is 1. The molecule has 1 unspecified atom stereocenters. The van der Waals surface area contributed by atoms with E-state index in [1.54, 1.807) is 4.57 Å². The summed E-state index contributed by atoms with van der Waals surface area (Å²) in [5.41, 5.74) is 4.65. The van der Waals surface area contributed by atoms with Crippen molar-refractivity contribution in [2.24, 2.45) is 0 Å². The lowest BCUT2D eigenvalue weighted by atomic mass is 9.98. The second kappa shape index (κ2) is 10.2. The number of aliphatic hydroxyl groups excluding tert-OH is 1. The van der Waals surface area contributed by atoms with E-state index in [4.69, 9.17) is 9.84 Å². The fourth-order valence-corrected chi connectivity index (χ4v) is 3.90. The maximum Gasteiger partial charge on any atom is 0.407 e. The number of fused-ring (bicyclic) bond motifs is 3. The average Bonchev–Trinajstić information content (AvgIpc) is 3.44. The van der Waals surface area contributed by atoms with Crippen LogP contribution in [0.2, 0.25) is 0 Å². The highest BCUT2D eigenvalue weighted by atomic mass is 16.5. The lowest BCUT2D eigenvalue weighted by Gasteiger charge is -2.14. The highest BCUT2D eigenvalue weighted by molar-refractivity contribution is 5.92. The van der Waals surface area contributed by atoms with E-state index in [0.717, 1.165) is 22.3 Å². The van der Waals surface area contributed by atoms with Crippen LogP contribution in [-0.4, -0.2) is 63.5 Å². The summed E-state index contributed by atoms with van der Waals surface area (Å²) in [6.07, 6.45) is 0.652. The van der Waals surface area contributed by atoms with Crippen molar-refractivity contribution in [3.63, 3.8) is 0 Å². The van der Waals surface area contributed by atoms with Crippen LogP contribution in [0.25, 0.3) is 11.1 Å². The first-order chi connectivity index (χ1) is 16.4. The fraction of sp³-hybridized carbons (Fsp3) is 0.250. The van der Waals surface area contributed by atoms with Crippen molar-refractivity contribution in [2.45, 2.75) is 18.6 Å². The van der Waals surface area contributed by atoms with E-state index in [0.29, 0.717) is 6.54 Å². The third kappa shape index (κ3) is 5.07. The third-order valence-corrected chi connectivity index (χ3v) is 5.59. The van der Waals surface area contributed by atoms with Gasteiger partial charge in [-0.1, -0.05) is 48.5 Å². The predicted octanol–water partition coefficient (Wildman–Crippen LogP) is 1.60. The minimum Gasteiger partial charge on any atom is -0.479 e. The standard InChI is InChI=1S/C24H24N4O6/c29-21(23(31)32)11-26-22(30)20-12-28(14-27-20)10-9-25-24(33)34-13-19-17-7-3-1-5-15(17)16-6-2-4-8-18(16)19/h1-8,12,14,19,21,29H,9-11,13H2,(H,25,33)(H,26,30)(H,31,32). The fourth-order valence-electron chi connectivity index (χ4n) is 3.90. The molecule has 0 saturated carbocycles. The van der Waals surface area contributed by atoms with Crippen molar-refractivity contribution in [2.75, 3.05) is 19.7 Å². The highest BCUT2D eigenvalue weighted by Crippen LogP contribution is 2.44. The molecule has 1 aromatic heterocycles. The largest absolute Gasteiger partial charge is 0.479 e. The summed E-state index contributed by atoms with van der Waals surface area (Å²) in [6, 6.07) is 16.2. The van der Waals surface area contributed by atoms with Crippen LogP contribution in [0.15, 0.2) is 61.1 Å². The maximum absolute atomic E-state index is 12.2. The van der Waals surface area contributed by atoms with Crippen LogP contribution >= 0.6 is 0 Å². The number of carboxylic acids is 1. The monoisotopic (exact) mass is 464 g/mol. The van der Waals surface area contributed by atoms with E-state index in [1.165, 1.54) is 12.5 Å². The van der Waals surface area contributed by atoms with E-state index in [-0.39, 0.29) is 24.8 Å². The van der Waals surface area contributed by atoms with Crippen LogP contribution in [-0.2, 0) is 16.1 Å². The molecule has 0 fully saturated rings. The number of nitrogens with zero attached hydrogens (tertiary/aromatic N) is 2. The Morgan fingerprint density at radius 1 is 1.03 bits per heavy atom. The molecule has 10 heteroatoms. The van der Waals surface area contributed by atoms with Crippen molar-refractivity contribution in [1.29, 1.82) is 0 Å². The predicted molar refractivity (Wildman–Crippen MR) is 121 cm³/mol. The number of hydrogen-bond donors (Lipinski definition) is 4. The smallest absolute Gasteiger partial charge is 0.407 e. The summed E-state index contributed by atoms with van der Waals surface area (Å²) in [6.45, 7) is 0.399. The molecule has 0 saturated heterocycles. The number of carbonyl (C=O) groups excluding carboxylic acids is 2. The van der Waals surface area contributed by atoms with Gasteiger partial charge in [-0.05, 0) is 22.3 Å². The number of aliphatic carboxylic acids is 1. The molecule has 10 nitrogen and oxygen atoms in total. The number of aromatic nitrogens is 2. The second-order valence-electron chi connectivity index (χ2n) is 7.81. The molecule has 176 valence electrons. The number of benzene rings is 2. The number of aliphatic hydroxyl groups is 1. The van der Waals surface area contributed by atoms with Gasteiger partial charge in [0.15, 0.2) is 6.10 Å². The number of amides is 2. The summed E-state index contributed by atoms with van der Waals surface area (Å²) in [4.78, 5) is 38.7. The molecule has 1 aliphatic rings. The third-order valence-electron chi connectivity index (χ3n) is 5.59. The summed E-state index contributed by atoms with van der Waals surface area (Å²) in [5.74, 6) is -2.05. The first-order valence-corrected chi connectivity index (χ1v) is 10.7. The Kier molecular flexibility index (Phi) is 6.88. The normalized spacial score (nSPS) is 13.0. The summed E-state index contributed by atoms with van der Waals surface area (Å²) >= 11 is 0. The minimum absolute atomic E-state index is 0.0208. The van der Waals surface area contributed by atoms with Crippen LogP contribution in [0.3, 0.4) is 0 Å². The zero-order chi connectivity index (χ0) is 24.1. The highest BCUT2D eigenvalue weighted by Gasteiger charge is 2.28. The van der Waals surface area contributed by atoms with E-state index < -0.39 is 30.6 Å². The van der Waals surface area contributed by atoms with Gasteiger partial charge in [0.1, 0.15) is 12.3 Å². The average molecular weight is 464 g/mol. The Morgan fingerprint density at radius 2 is 1.68 bits per heavy atom. The first kappa shape index (κ1) is 23.0. The van der Waals surface area contributed by atoms with Crippen molar-refractivity contribution in [3.8, 4) is 11.1 Å². The van der Waals surface area contributed by atoms with Crippen LogP contribution in [0.1, 0.15) is 27.5 Å². The van der Waals surface area contributed by atoms with Gasteiger partial charge in [0.2, 0.25) is 0 Å². The number of alkyl carbamates (subject to hydrolysis) is 1. The number of carboxylic acid groups (broad SMARTS) is 1. The zero-order valence-corrected chi connectivity index (χ0v) is 18.2.